The van der Waals surface area contributed by atoms with Gasteiger partial charge in [0.25, 0.3) is 0 Å². The van der Waals surface area contributed by atoms with E-state index in [1.807, 2.05) is 6.07 Å². The SMILES string of the molecule is CC(c1cccc(OCCCNC(=O)CCN)c1)N1CCCC1. The van der Waals surface area contributed by atoms with Crippen LogP contribution in [0.4, 0.5) is 0 Å². The van der Waals surface area contributed by atoms with Crippen LogP contribution in [-0.2, 0) is 4.79 Å². The van der Waals surface area contributed by atoms with Crippen molar-refractivity contribution in [2.45, 2.75) is 38.6 Å². The van der Waals surface area contributed by atoms with Crippen LogP contribution in [0.15, 0.2) is 24.3 Å². The van der Waals surface area contributed by atoms with E-state index in [1.165, 1.54) is 31.5 Å². The summed E-state index contributed by atoms with van der Waals surface area (Å²) in [6, 6.07) is 8.79. The number of nitrogens with zero attached hydrogens (tertiary/aromatic N) is 1. The monoisotopic (exact) mass is 319 g/mol. The van der Waals surface area contributed by atoms with Gasteiger partial charge in [0.05, 0.1) is 6.61 Å². The summed E-state index contributed by atoms with van der Waals surface area (Å²) in [5.74, 6) is 0.913. The van der Waals surface area contributed by atoms with Crippen molar-refractivity contribution >= 4 is 5.91 Å². The first kappa shape index (κ1) is 17.8. The number of amides is 1. The first-order valence-electron chi connectivity index (χ1n) is 8.64. The van der Waals surface area contributed by atoms with Gasteiger partial charge in [-0.3, -0.25) is 9.69 Å². The van der Waals surface area contributed by atoms with Gasteiger partial charge in [0, 0.05) is 25.6 Å². The maximum absolute atomic E-state index is 11.3. The molecule has 0 bridgehead atoms. The molecule has 1 amide bonds. The number of hydrogen-bond donors (Lipinski definition) is 2. The molecule has 2 rings (SSSR count). The zero-order valence-corrected chi connectivity index (χ0v) is 14.1. The number of carbonyl (C=O) groups excluding carboxylic acids is 1. The van der Waals surface area contributed by atoms with Crippen LogP contribution in [0, 0.1) is 0 Å². The molecule has 1 aliphatic heterocycles. The zero-order valence-electron chi connectivity index (χ0n) is 14.1. The predicted octanol–water partition coefficient (Wildman–Crippen LogP) is 2.08. The van der Waals surface area contributed by atoms with Crippen LogP contribution in [0.25, 0.3) is 0 Å². The Balaban J connectivity index is 1.73. The molecule has 5 nitrogen and oxygen atoms in total. The smallest absolute Gasteiger partial charge is 0.221 e. The number of rotatable bonds is 9. The molecule has 23 heavy (non-hydrogen) atoms. The molecule has 5 heteroatoms. The van der Waals surface area contributed by atoms with Crippen LogP contribution < -0.4 is 15.8 Å². The number of carbonyl (C=O) groups is 1. The van der Waals surface area contributed by atoms with E-state index in [0.29, 0.717) is 32.2 Å². The van der Waals surface area contributed by atoms with Gasteiger partial charge >= 0.3 is 0 Å². The molecule has 0 spiro atoms. The van der Waals surface area contributed by atoms with Crippen LogP contribution in [0.2, 0.25) is 0 Å². The van der Waals surface area contributed by atoms with E-state index < -0.39 is 0 Å². The second-order valence-electron chi connectivity index (χ2n) is 6.08. The Bertz CT molecular complexity index is 487. The molecular weight excluding hydrogens is 290 g/mol. The van der Waals surface area contributed by atoms with Crippen molar-refractivity contribution in [1.29, 1.82) is 0 Å². The van der Waals surface area contributed by atoms with Gasteiger partial charge in [0.1, 0.15) is 5.75 Å². The first-order valence-corrected chi connectivity index (χ1v) is 8.64. The van der Waals surface area contributed by atoms with Gasteiger partial charge in [0.15, 0.2) is 0 Å². The van der Waals surface area contributed by atoms with E-state index in [9.17, 15) is 4.79 Å². The fraction of sp³-hybridized carbons (Fsp3) is 0.611. The Morgan fingerprint density at radius 2 is 2.17 bits per heavy atom. The highest BCUT2D eigenvalue weighted by Gasteiger charge is 2.19. The number of nitrogens with one attached hydrogen (secondary N) is 1. The molecule has 1 aliphatic rings. The number of likely N-dealkylation sites (tertiary alicyclic amines) is 1. The molecule has 1 heterocycles. The largest absolute Gasteiger partial charge is 0.494 e. The quantitative estimate of drug-likeness (QED) is 0.684. The van der Waals surface area contributed by atoms with Gasteiger partial charge in [-0.05, 0) is 57.0 Å². The Morgan fingerprint density at radius 3 is 2.91 bits per heavy atom. The molecule has 0 radical (unpaired) electrons. The summed E-state index contributed by atoms with van der Waals surface area (Å²) in [6.07, 6.45) is 3.78. The van der Waals surface area contributed by atoms with Gasteiger partial charge in [-0.1, -0.05) is 12.1 Å². The maximum atomic E-state index is 11.3. The molecule has 1 atom stereocenters. The van der Waals surface area contributed by atoms with Crippen molar-refractivity contribution < 1.29 is 9.53 Å². The molecule has 0 aromatic heterocycles. The fourth-order valence-corrected chi connectivity index (χ4v) is 2.91. The van der Waals surface area contributed by atoms with Crippen LogP contribution in [0.5, 0.6) is 5.75 Å². The maximum Gasteiger partial charge on any atom is 0.221 e. The third-order valence-corrected chi connectivity index (χ3v) is 4.31. The van der Waals surface area contributed by atoms with Crippen molar-refractivity contribution in [3.8, 4) is 5.75 Å². The number of nitrogens with two attached hydrogens (primary N) is 1. The van der Waals surface area contributed by atoms with Crippen molar-refractivity contribution in [2.24, 2.45) is 5.73 Å². The topological polar surface area (TPSA) is 67.6 Å². The lowest BCUT2D eigenvalue weighted by atomic mass is 10.1. The van der Waals surface area contributed by atoms with Crippen molar-refractivity contribution in [2.75, 3.05) is 32.8 Å². The summed E-state index contributed by atoms with van der Waals surface area (Å²) in [5, 5.41) is 2.83. The van der Waals surface area contributed by atoms with Gasteiger partial charge in [-0.25, -0.2) is 0 Å². The Hall–Kier alpha value is -1.59. The van der Waals surface area contributed by atoms with E-state index in [4.69, 9.17) is 10.5 Å². The lowest BCUT2D eigenvalue weighted by molar-refractivity contribution is -0.120. The standard InChI is InChI=1S/C18H29N3O2/c1-15(21-11-2-3-12-21)16-6-4-7-17(14-16)23-13-5-10-20-18(22)8-9-19/h4,6-7,14-15H,2-3,5,8-13,19H2,1H3,(H,20,22). The Labute approximate surface area is 139 Å². The number of benzene rings is 1. The molecular formula is C18H29N3O2. The summed E-state index contributed by atoms with van der Waals surface area (Å²) in [7, 11) is 0. The highest BCUT2D eigenvalue weighted by atomic mass is 16.5. The molecule has 128 valence electrons. The highest BCUT2D eigenvalue weighted by molar-refractivity contribution is 5.75. The van der Waals surface area contributed by atoms with Gasteiger partial charge < -0.3 is 15.8 Å². The molecule has 3 N–H and O–H groups in total. The first-order chi connectivity index (χ1) is 11.2. The van der Waals surface area contributed by atoms with Gasteiger partial charge in [0.2, 0.25) is 5.91 Å². The lowest BCUT2D eigenvalue weighted by Crippen LogP contribution is -2.27. The predicted molar refractivity (Wildman–Crippen MR) is 92.5 cm³/mol. The second-order valence-corrected chi connectivity index (χ2v) is 6.08. The average molecular weight is 319 g/mol. The van der Waals surface area contributed by atoms with Gasteiger partial charge in [-0.15, -0.1) is 0 Å². The molecule has 0 aliphatic carbocycles. The Morgan fingerprint density at radius 1 is 1.39 bits per heavy atom. The summed E-state index contributed by atoms with van der Waals surface area (Å²) >= 11 is 0. The molecule has 1 unspecified atom stereocenters. The molecule has 0 saturated carbocycles. The number of hydrogen-bond acceptors (Lipinski definition) is 4. The van der Waals surface area contributed by atoms with E-state index in [-0.39, 0.29) is 5.91 Å². The van der Waals surface area contributed by atoms with Crippen LogP contribution in [0.3, 0.4) is 0 Å². The minimum absolute atomic E-state index is 0.00827. The molecule has 1 fully saturated rings. The summed E-state index contributed by atoms with van der Waals surface area (Å²) in [5.41, 5.74) is 6.64. The minimum Gasteiger partial charge on any atom is -0.494 e. The third kappa shape index (κ3) is 5.84. The van der Waals surface area contributed by atoms with Crippen LogP contribution >= 0.6 is 0 Å². The fourth-order valence-electron chi connectivity index (χ4n) is 2.91. The van der Waals surface area contributed by atoms with Gasteiger partial charge in [-0.2, -0.15) is 0 Å². The second kappa shape index (κ2) is 9.53. The average Bonchev–Trinajstić information content (AvgIpc) is 3.09. The molecule has 1 aromatic carbocycles. The van der Waals surface area contributed by atoms with E-state index in [1.54, 1.807) is 0 Å². The van der Waals surface area contributed by atoms with E-state index >= 15 is 0 Å². The molecule has 1 saturated heterocycles. The van der Waals surface area contributed by atoms with Crippen LogP contribution in [0.1, 0.15) is 44.2 Å². The van der Waals surface area contributed by atoms with E-state index in [2.05, 4.69) is 35.3 Å². The van der Waals surface area contributed by atoms with Crippen molar-refractivity contribution in [3.63, 3.8) is 0 Å². The highest BCUT2D eigenvalue weighted by Crippen LogP contribution is 2.26. The summed E-state index contributed by atoms with van der Waals surface area (Å²) in [4.78, 5) is 13.8. The van der Waals surface area contributed by atoms with Crippen molar-refractivity contribution in [3.05, 3.63) is 29.8 Å². The summed E-state index contributed by atoms with van der Waals surface area (Å²) in [6.45, 7) is 6.26. The number of ether oxygens (including phenoxy) is 1. The van der Waals surface area contributed by atoms with Crippen LogP contribution in [-0.4, -0.2) is 43.6 Å². The van der Waals surface area contributed by atoms with E-state index in [0.717, 1.165) is 12.2 Å². The van der Waals surface area contributed by atoms with Crippen molar-refractivity contribution in [1.82, 2.24) is 10.2 Å². The summed E-state index contributed by atoms with van der Waals surface area (Å²) < 4.78 is 5.81. The minimum atomic E-state index is 0.00827. The Kier molecular flexibility index (Phi) is 7.36. The lowest BCUT2D eigenvalue weighted by Gasteiger charge is -2.24. The normalized spacial score (nSPS) is 16.3. The molecule has 1 aromatic rings. The third-order valence-electron chi connectivity index (χ3n) is 4.31. The zero-order chi connectivity index (χ0) is 16.5.